The summed E-state index contributed by atoms with van der Waals surface area (Å²) in [6.07, 6.45) is 5.37. The van der Waals surface area contributed by atoms with Gasteiger partial charge < -0.3 is 9.47 Å². The van der Waals surface area contributed by atoms with Gasteiger partial charge in [-0.25, -0.2) is 14.4 Å². The van der Waals surface area contributed by atoms with Gasteiger partial charge in [0.05, 0.1) is 18.4 Å². The molecule has 1 saturated carbocycles. The summed E-state index contributed by atoms with van der Waals surface area (Å²) in [5.74, 6) is 0.752. The molecule has 2 atom stereocenters. The van der Waals surface area contributed by atoms with E-state index in [1.165, 1.54) is 23.4 Å². The lowest BCUT2D eigenvalue weighted by Gasteiger charge is -2.30. The summed E-state index contributed by atoms with van der Waals surface area (Å²) in [5, 5.41) is 5.03. The van der Waals surface area contributed by atoms with Crippen molar-refractivity contribution in [3.8, 4) is 17.0 Å². The highest BCUT2D eigenvalue weighted by Crippen LogP contribution is 2.39. The van der Waals surface area contributed by atoms with Crippen molar-refractivity contribution in [3.63, 3.8) is 0 Å². The van der Waals surface area contributed by atoms with Crippen molar-refractivity contribution in [3.05, 3.63) is 86.3 Å². The van der Waals surface area contributed by atoms with Gasteiger partial charge in [-0.3, -0.25) is 4.79 Å². The number of hydrogen-bond donors (Lipinski definition) is 0. The quantitative estimate of drug-likeness (QED) is 0.302. The van der Waals surface area contributed by atoms with Gasteiger partial charge in [0.15, 0.2) is 5.65 Å². The van der Waals surface area contributed by atoms with Gasteiger partial charge in [0.1, 0.15) is 5.82 Å². The van der Waals surface area contributed by atoms with Crippen LogP contribution in [0.2, 0.25) is 5.02 Å². The van der Waals surface area contributed by atoms with Gasteiger partial charge in [0.2, 0.25) is 5.88 Å². The molecule has 196 valence electrons. The zero-order chi connectivity index (χ0) is 26.4. The van der Waals surface area contributed by atoms with E-state index in [0.29, 0.717) is 70.2 Å². The first-order valence-electron chi connectivity index (χ1n) is 12.9. The zero-order valence-electron chi connectivity index (χ0n) is 21.3. The first-order valence-corrected chi connectivity index (χ1v) is 13.3. The highest BCUT2D eigenvalue weighted by atomic mass is 35.5. The average Bonchev–Trinajstić information content (AvgIpc) is 3.76. The van der Waals surface area contributed by atoms with Gasteiger partial charge in [-0.2, -0.15) is 9.61 Å². The molecule has 9 heteroatoms. The van der Waals surface area contributed by atoms with Gasteiger partial charge in [-0.15, -0.1) is 0 Å². The number of ether oxygens (including phenoxy) is 2. The van der Waals surface area contributed by atoms with Crippen LogP contribution in [0.5, 0.6) is 5.88 Å². The molecule has 2 fully saturated rings. The largest absolute Gasteiger partial charge is 0.477 e. The summed E-state index contributed by atoms with van der Waals surface area (Å²) >= 11 is 6.02. The summed E-state index contributed by atoms with van der Waals surface area (Å²) in [7, 11) is 0. The third-order valence-electron chi connectivity index (χ3n) is 7.50. The van der Waals surface area contributed by atoms with Crippen molar-refractivity contribution in [2.75, 3.05) is 13.2 Å². The number of pyridine rings is 1. The standard InChI is InChI=1S/C29H28ClFN4O3/c1-16-17(2)33-28-23(22-6-5-21(30)13-24(22)31)14-25(34-35(28)29(16)36)19-8-10-37-26(11-19)20-7-9-32-27(12-20)38-15-18-3-4-18/h5-7,9,12-14,18-19,26H,3-4,8,10-11,15H2,1-2H3/t19-,26+/m0/s1. The van der Waals surface area contributed by atoms with Gasteiger partial charge in [-0.05, 0) is 81.3 Å². The van der Waals surface area contributed by atoms with Gasteiger partial charge >= 0.3 is 0 Å². The minimum Gasteiger partial charge on any atom is -0.477 e. The highest BCUT2D eigenvalue weighted by Gasteiger charge is 2.29. The molecule has 2 aliphatic rings. The zero-order valence-corrected chi connectivity index (χ0v) is 22.0. The molecule has 0 unspecified atom stereocenters. The first-order chi connectivity index (χ1) is 18.4. The fourth-order valence-electron chi connectivity index (χ4n) is 4.92. The Hall–Kier alpha value is -3.36. The van der Waals surface area contributed by atoms with Crippen LogP contribution >= 0.6 is 11.6 Å². The average molecular weight is 535 g/mol. The maximum atomic E-state index is 15.1. The smallest absolute Gasteiger partial charge is 0.277 e. The minimum atomic E-state index is -0.482. The van der Waals surface area contributed by atoms with Crippen LogP contribution < -0.4 is 10.3 Å². The van der Waals surface area contributed by atoms with Crippen LogP contribution in [-0.2, 0) is 4.74 Å². The number of aromatic nitrogens is 4. The van der Waals surface area contributed by atoms with Gasteiger partial charge in [-0.1, -0.05) is 11.6 Å². The number of hydrogen-bond acceptors (Lipinski definition) is 6. The topological polar surface area (TPSA) is 78.6 Å². The molecule has 6 rings (SSSR count). The van der Waals surface area contributed by atoms with Crippen LogP contribution in [0.3, 0.4) is 0 Å². The molecule has 7 nitrogen and oxygen atoms in total. The highest BCUT2D eigenvalue weighted by molar-refractivity contribution is 6.30. The Bertz CT molecular complexity index is 1590. The number of nitrogens with zero attached hydrogens (tertiary/aromatic N) is 4. The van der Waals surface area contributed by atoms with E-state index in [9.17, 15) is 4.79 Å². The number of fused-ring (bicyclic) bond motifs is 1. The SMILES string of the molecule is Cc1nc2c(-c3ccc(Cl)cc3F)cc([C@H]3CCO[C@@H](c4ccnc(OCC5CC5)c4)C3)nn2c(=O)c1C. The molecular weight excluding hydrogens is 507 g/mol. The molecule has 4 aromatic rings. The molecule has 1 aromatic carbocycles. The van der Waals surface area contributed by atoms with Crippen molar-refractivity contribution in [2.45, 2.75) is 51.6 Å². The lowest BCUT2D eigenvalue weighted by molar-refractivity contribution is 0.00428. The molecule has 1 saturated heterocycles. The fourth-order valence-corrected chi connectivity index (χ4v) is 5.08. The van der Waals surface area contributed by atoms with E-state index in [2.05, 4.69) is 9.97 Å². The van der Waals surface area contributed by atoms with E-state index >= 15 is 4.39 Å². The van der Waals surface area contributed by atoms with Crippen LogP contribution in [0.4, 0.5) is 4.39 Å². The van der Waals surface area contributed by atoms with E-state index < -0.39 is 5.82 Å². The Morgan fingerprint density at radius 3 is 2.76 bits per heavy atom. The third-order valence-corrected chi connectivity index (χ3v) is 7.73. The van der Waals surface area contributed by atoms with E-state index in [0.717, 1.165) is 12.0 Å². The first kappa shape index (κ1) is 24.9. The predicted molar refractivity (Wildman–Crippen MR) is 142 cm³/mol. The van der Waals surface area contributed by atoms with Crippen LogP contribution in [0.15, 0.2) is 47.4 Å². The molecule has 0 N–H and O–H groups in total. The summed E-state index contributed by atoms with van der Waals surface area (Å²) in [5.41, 5.74) is 3.66. The van der Waals surface area contributed by atoms with E-state index in [4.69, 9.17) is 26.2 Å². The van der Waals surface area contributed by atoms with Crippen molar-refractivity contribution in [1.82, 2.24) is 19.6 Å². The van der Waals surface area contributed by atoms with Crippen LogP contribution in [-0.4, -0.2) is 32.8 Å². The molecule has 0 amide bonds. The normalized spacial score (nSPS) is 19.6. The van der Waals surface area contributed by atoms with Gasteiger partial charge in [0, 0.05) is 52.2 Å². The maximum Gasteiger partial charge on any atom is 0.277 e. The summed E-state index contributed by atoms with van der Waals surface area (Å²) in [6, 6.07) is 10.3. The van der Waals surface area contributed by atoms with Crippen LogP contribution in [0.1, 0.15) is 60.2 Å². The van der Waals surface area contributed by atoms with Crippen LogP contribution in [0.25, 0.3) is 16.8 Å². The summed E-state index contributed by atoms with van der Waals surface area (Å²) in [4.78, 5) is 22.2. The number of benzene rings is 1. The summed E-state index contributed by atoms with van der Waals surface area (Å²) < 4.78 is 28.4. The van der Waals surface area contributed by atoms with Crippen molar-refractivity contribution in [2.24, 2.45) is 5.92 Å². The van der Waals surface area contributed by atoms with E-state index in [1.807, 2.05) is 18.2 Å². The molecule has 1 aliphatic carbocycles. The Morgan fingerprint density at radius 2 is 1.97 bits per heavy atom. The minimum absolute atomic E-state index is 0.00947. The maximum absolute atomic E-state index is 15.1. The molecule has 0 bridgehead atoms. The third kappa shape index (κ3) is 4.90. The van der Waals surface area contributed by atoms with Crippen molar-refractivity contribution < 1.29 is 13.9 Å². The predicted octanol–water partition coefficient (Wildman–Crippen LogP) is 5.98. The lowest BCUT2D eigenvalue weighted by atomic mass is 9.88. The van der Waals surface area contributed by atoms with Crippen molar-refractivity contribution in [1.29, 1.82) is 0 Å². The van der Waals surface area contributed by atoms with E-state index in [1.54, 1.807) is 32.2 Å². The molecule has 3 aromatic heterocycles. The summed E-state index contributed by atoms with van der Waals surface area (Å²) in [6.45, 7) is 4.72. The second-order valence-electron chi connectivity index (χ2n) is 10.2. The Kier molecular flexibility index (Phi) is 6.61. The monoisotopic (exact) mass is 534 g/mol. The van der Waals surface area contributed by atoms with Crippen LogP contribution in [0, 0.1) is 25.6 Å². The lowest BCUT2D eigenvalue weighted by Crippen LogP contribution is -2.25. The molecule has 1 aliphatic heterocycles. The molecule has 0 radical (unpaired) electrons. The molecule has 0 spiro atoms. The molecular formula is C29H28ClFN4O3. The van der Waals surface area contributed by atoms with Crippen molar-refractivity contribution >= 4 is 17.2 Å². The number of aryl methyl sites for hydroxylation is 1. The second-order valence-corrected chi connectivity index (χ2v) is 10.7. The van der Waals surface area contributed by atoms with E-state index in [-0.39, 0.29) is 17.6 Å². The number of rotatable bonds is 6. The Labute approximate surface area is 224 Å². The van der Waals surface area contributed by atoms with Gasteiger partial charge in [0.25, 0.3) is 5.56 Å². The second kappa shape index (κ2) is 10.1. The molecule has 4 heterocycles. The Morgan fingerprint density at radius 1 is 1.13 bits per heavy atom. The number of halogens is 2. The fraction of sp³-hybridized carbons (Fsp3) is 0.379. The molecule has 38 heavy (non-hydrogen) atoms. The Balaban J connectivity index is 1.38.